The third kappa shape index (κ3) is 14.7. The van der Waals surface area contributed by atoms with Crippen LogP contribution in [0.2, 0.25) is 0 Å². The molecule has 0 unspecified atom stereocenters. The minimum Gasteiger partial charge on any atom is -0.390 e. The summed E-state index contributed by atoms with van der Waals surface area (Å²) in [4.78, 5) is 25.3. The van der Waals surface area contributed by atoms with Crippen LogP contribution in [0.3, 0.4) is 0 Å². The van der Waals surface area contributed by atoms with Gasteiger partial charge in [0.1, 0.15) is 0 Å². The van der Waals surface area contributed by atoms with Crippen molar-refractivity contribution in [1.82, 2.24) is 9.80 Å². The molecule has 0 aromatic carbocycles. The molecule has 0 heterocycles. The van der Waals surface area contributed by atoms with Crippen LogP contribution in [-0.2, 0) is 14.3 Å². The fourth-order valence-electron chi connectivity index (χ4n) is 1.16. The molecule has 0 saturated carbocycles. The van der Waals surface area contributed by atoms with E-state index in [9.17, 15) is 14.7 Å². The molecule has 0 rings (SSSR count). The number of carbonyl (C=O) groups excluding carboxylic acids is 2. The van der Waals surface area contributed by atoms with Gasteiger partial charge in [-0.05, 0) is 42.0 Å². The average Bonchev–Trinajstić information content (AvgIpc) is 2.26. The Morgan fingerprint density at radius 3 is 1.43 bits per heavy atom. The van der Waals surface area contributed by atoms with Gasteiger partial charge in [0.05, 0.1) is 6.10 Å². The predicted molar refractivity (Wildman–Crippen MR) is 83.8 cm³/mol. The van der Waals surface area contributed by atoms with Crippen LogP contribution in [0.25, 0.3) is 0 Å². The third-order valence-corrected chi connectivity index (χ3v) is 2.03. The molecule has 0 bridgehead atoms. The molecule has 0 aliphatic carbocycles. The molecule has 21 heavy (non-hydrogen) atoms. The summed E-state index contributed by atoms with van der Waals surface area (Å²) >= 11 is 0. The van der Waals surface area contributed by atoms with Crippen molar-refractivity contribution in [3.8, 4) is 0 Å². The Hall–Kier alpha value is -1.50. The maximum atomic E-state index is 10.7. The van der Waals surface area contributed by atoms with Gasteiger partial charge in [-0.2, -0.15) is 0 Å². The van der Waals surface area contributed by atoms with Crippen LogP contribution in [0, 0.1) is 0 Å². The summed E-state index contributed by atoms with van der Waals surface area (Å²) in [5.41, 5.74) is 0.388. The lowest BCUT2D eigenvalue weighted by atomic mass is 10.3. The Kier molecular flexibility index (Phi) is 11.6. The zero-order valence-electron chi connectivity index (χ0n) is 14.0. The van der Waals surface area contributed by atoms with E-state index in [1.165, 1.54) is 13.8 Å². The van der Waals surface area contributed by atoms with E-state index in [-0.39, 0.29) is 17.3 Å². The van der Waals surface area contributed by atoms with Gasteiger partial charge in [-0.15, -0.1) is 0 Å². The number of hydrogen-bond acceptors (Lipinski definition) is 6. The summed E-state index contributed by atoms with van der Waals surface area (Å²) in [6.45, 7) is 11.0. The molecule has 0 aliphatic heterocycles. The van der Waals surface area contributed by atoms with Crippen molar-refractivity contribution in [3.05, 3.63) is 24.3 Å². The van der Waals surface area contributed by atoms with Gasteiger partial charge in [0.15, 0.2) is 0 Å². The SMILES string of the molecule is C=C(C)C(=O)OC(=O)C(=C)C.CN(C)CC(O)CN(C)C. The van der Waals surface area contributed by atoms with Crippen LogP contribution in [0.5, 0.6) is 0 Å². The summed E-state index contributed by atoms with van der Waals surface area (Å²) in [5, 5.41) is 9.31. The second kappa shape index (κ2) is 11.2. The molecular weight excluding hydrogens is 272 g/mol. The Labute approximate surface area is 127 Å². The van der Waals surface area contributed by atoms with Crippen molar-refractivity contribution in [2.24, 2.45) is 0 Å². The van der Waals surface area contributed by atoms with E-state index in [0.29, 0.717) is 0 Å². The number of likely N-dealkylation sites (N-methyl/N-ethyl adjacent to an activating group) is 2. The number of ether oxygens (including phenoxy) is 1. The van der Waals surface area contributed by atoms with Gasteiger partial charge in [-0.25, -0.2) is 9.59 Å². The molecule has 122 valence electrons. The van der Waals surface area contributed by atoms with Gasteiger partial charge in [0.2, 0.25) is 0 Å². The highest BCUT2D eigenvalue weighted by molar-refractivity contribution is 6.00. The highest BCUT2D eigenvalue weighted by Gasteiger charge is 2.10. The number of rotatable bonds is 6. The summed E-state index contributed by atoms with van der Waals surface area (Å²) < 4.78 is 4.30. The molecule has 0 amide bonds. The lowest BCUT2D eigenvalue weighted by molar-refractivity contribution is -0.153. The molecule has 0 atom stereocenters. The zero-order chi connectivity index (χ0) is 17.2. The number of aliphatic hydroxyl groups is 1. The molecule has 1 N–H and O–H groups in total. The number of carbonyl (C=O) groups is 2. The van der Waals surface area contributed by atoms with Crippen LogP contribution in [0.4, 0.5) is 0 Å². The maximum Gasteiger partial charge on any atom is 0.340 e. The number of esters is 2. The van der Waals surface area contributed by atoms with E-state index in [0.717, 1.165) is 13.1 Å². The summed E-state index contributed by atoms with van der Waals surface area (Å²) in [7, 11) is 7.83. The van der Waals surface area contributed by atoms with Crippen LogP contribution in [0.1, 0.15) is 13.8 Å². The van der Waals surface area contributed by atoms with Crippen molar-refractivity contribution in [2.45, 2.75) is 20.0 Å². The molecular formula is C15H28N2O4. The lowest BCUT2D eigenvalue weighted by Gasteiger charge is -2.19. The quantitative estimate of drug-likeness (QED) is 0.442. The Morgan fingerprint density at radius 1 is 0.952 bits per heavy atom. The highest BCUT2D eigenvalue weighted by Crippen LogP contribution is 1.97. The molecule has 0 aromatic rings. The molecule has 0 fully saturated rings. The first-order valence-electron chi connectivity index (χ1n) is 6.52. The molecule has 6 nitrogen and oxygen atoms in total. The first-order chi connectivity index (χ1) is 9.47. The van der Waals surface area contributed by atoms with E-state index < -0.39 is 11.9 Å². The first-order valence-corrected chi connectivity index (χ1v) is 6.52. The van der Waals surface area contributed by atoms with Crippen LogP contribution >= 0.6 is 0 Å². The van der Waals surface area contributed by atoms with Gasteiger partial charge in [-0.1, -0.05) is 13.2 Å². The largest absolute Gasteiger partial charge is 0.390 e. The van der Waals surface area contributed by atoms with Gasteiger partial charge in [0.25, 0.3) is 0 Å². The molecule has 0 radical (unpaired) electrons. The normalized spacial score (nSPS) is 10.2. The van der Waals surface area contributed by atoms with Crippen molar-refractivity contribution in [1.29, 1.82) is 0 Å². The zero-order valence-corrected chi connectivity index (χ0v) is 14.0. The fourth-order valence-corrected chi connectivity index (χ4v) is 1.16. The van der Waals surface area contributed by atoms with Gasteiger partial charge in [0, 0.05) is 24.2 Å². The van der Waals surface area contributed by atoms with E-state index in [1.54, 1.807) is 0 Å². The van der Waals surface area contributed by atoms with Crippen molar-refractivity contribution < 1.29 is 19.4 Å². The standard InChI is InChI=1S/C8H10O3.C7H18N2O/c1-5(2)7(9)11-8(10)6(3)4;1-8(2)5-7(10)6-9(3)4/h1,3H2,2,4H3;7,10H,5-6H2,1-4H3. The molecule has 0 saturated heterocycles. The first kappa shape index (κ1) is 21.8. The van der Waals surface area contributed by atoms with Crippen LogP contribution < -0.4 is 0 Å². The number of aliphatic hydroxyl groups excluding tert-OH is 1. The maximum absolute atomic E-state index is 10.7. The minimum atomic E-state index is -0.710. The summed E-state index contributed by atoms with van der Waals surface area (Å²) in [6.07, 6.45) is -0.231. The Morgan fingerprint density at radius 2 is 1.24 bits per heavy atom. The average molecular weight is 300 g/mol. The smallest absolute Gasteiger partial charge is 0.340 e. The summed E-state index contributed by atoms with van der Waals surface area (Å²) in [6, 6.07) is 0. The molecule has 0 spiro atoms. The fraction of sp³-hybridized carbons (Fsp3) is 0.600. The lowest BCUT2D eigenvalue weighted by Crippen LogP contribution is -2.34. The second-order valence-corrected chi connectivity index (χ2v) is 5.42. The molecule has 6 heteroatoms. The van der Waals surface area contributed by atoms with Gasteiger partial charge in [-0.3, -0.25) is 0 Å². The van der Waals surface area contributed by atoms with E-state index >= 15 is 0 Å². The van der Waals surface area contributed by atoms with E-state index in [2.05, 4.69) is 17.9 Å². The van der Waals surface area contributed by atoms with E-state index in [4.69, 9.17) is 0 Å². The number of hydrogen-bond donors (Lipinski definition) is 1. The Balaban J connectivity index is 0. The van der Waals surface area contributed by atoms with Crippen LogP contribution in [-0.4, -0.2) is 74.2 Å². The predicted octanol–water partition coefficient (Wildman–Crippen LogP) is 0.679. The molecule has 0 aromatic heterocycles. The number of nitrogens with zero attached hydrogens (tertiary/aromatic N) is 2. The van der Waals surface area contributed by atoms with E-state index in [1.807, 2.05) is 38.0 Å². The monoisotopic (exact) mass is 300 g/mol. The third-order valence-electron chi connectivity index (χ3n) is 2.03. The molecule has 0 aliphatic rings. The second-order valence-electron chi connectivity index (χ2n) is 5.42. The van der Waals surface area contributed by atoms with Crippen molar-refractivity contribution in [3.63, 3.8) is 0 Å². The summed E-state index contributed by atoms with van der Waals surface area (Å²) in [5.74, 6) is -1.42. The van der Waals surface area contributed by atoms with Gasteiger partial charge < -0.3 is 19.6 Å². The van der Waals surface area contributed by atoms with Gasteiger partial charge >= 0.3 is 11.9 Å². The van der Waals surface area contributed by atoms with Crippen LogP contribution in [0.15, 0.2) is 24.3 Å². The van der Waals surface area contributed by atoms with Crippen molar-refractivity contribution >= 4 is 11.9 Å². The Bertz CT molecular complexity index is 342. The minimum absolute atomic E-state index is 0.194. The topological polar surface area (TPSA) is 70.1 Å². The van der Waals surface area contributed by atoms with Crippen molar-refractivity contribution in [2.75, 3.05) is 41.3 Å². The highest BCUT2D eigenvalue weighted by atomic mass is 16.6.